The highest BCUT2D eigenvalue weighted by Gasteiger charge is 2.38. The van der Waals surface area contributed by atoms with Crippen LogP contribution in [0.1, 0.15) is 16.8 Å². The summed E-state index contributed by atoms with van der Waals surface area (Å²) in [5.41, 5.74) is 2.95. The van der Waals surface area contributed by atoms with Gasteiger partial charge in [-0.25, -0.2) is 4.98 Å². The van der Waals surface area contributed by atoms with Crippen LogP contribution in [-0.2, 0) is 23.0 Å². The van der Waals surface area contributed by atoms with Crippen molar-refractivity contribution in [2.75, 3.05) is 26.2 Å². The van der Waals surface area contributed by atoms with Crippen LogP contribution in [0.3, 0.4) is 0 Å². The number of pyridine rings is 1. The molecular weight excluding hydrogens is 322 g/mol. The first-order chi connectivity index (χ1) is 12.0. The number of aromatic nitrogens is 3. The van der Waals surface area contributed by atoms with Gasteiger partial charge in [0.15, 0.2) is 5.65 Å². The van der Waals surface area contributed by atoms with Crippen molar-refractivity contribution < 1.29 is 9.53 Å². The van der Waals surface area contributed by atoms with Crippen LogP contribution in [0.4, 0.5) is 0 Å². The minimum absolute atomic E-state index is 0.0710. The maximum atomic E-state index is 13.0. The maximum absolute atomic E-state index is 13.0. The minimum atomic E-state index is -0.164. The number of rotatable bonds is 2. The van der Waals surface area contributed by atoms with E-state index in [-0.39, 0.29) is 30.0 Å². The Kier molecular flexibility index (Phi) is 3.88. The van der Waals surface area contributed by atoms with Crippen LogP contribution in [0.5, 0.6) is 0 Å². The number of hydrogen-bond acceptors (Lipinski definition) is 5. The summed E-state index contributed by atoms with van der Waals surface area (Å²) in [6, 6.07) is 0.0960. The molecule has 0 saturated carbocycles. The number of aromatic amines is 1. The van der Waals surface area contributed by atoms with Gasteiger partial charge in [-0.2, -0.15) is 0 Å². The Morgan fingerprint density at radius 3 is 2.96 bits per heavy atom. The van der Waals surface area contributed by atoms with Crippen LogP contribution in [0.25, 0.3) is 11.0 Å². The maximum Gasteiger partial charge on any atom is 0.273 e. The molecule has 0 unspecified atom stereocenters. The molecule has 2 aliphatic rings. The lowest BCUT2D eigenvalue weighted by Gasteiger charge is -2.37. The van der Waals surface area contributed by atoms with Crippen LogP contribution in [-0.4, -0.2) is 64.0 Å². The normalized spacial score (nSPS) is 23.2. The van der Waals surface area contributed by atoms with E-state index in [1.807, 2.05) is 18.7 Å². The number of hydrogen-bond donors (Lipinski definition) is 2. The highest BCUT2D eigenvalue weighted by atomic mass is 16.5. The summed E-state index contributed by atoms with van der Waals surface area (Å²) >= 11 is 0. The number of carbonyl (C=O) groups is 1. The van der Waals surface area contributed by atoms with Gasteiger partial charge in [0.2, 0.25) is 5.91 Å². The number of carbonyl (C=O) groups excluding carboxylic acids is 1. The molecular formula is C17H23N5O3. The fourth-order valence-corrected chi connectivity index (χ4v) is 4.06. The van der Waals surface area contributed by atoms with Gasteiger partial charge in [0.05, 0.1) is 30.6 Å². The Morgan fingerprint density at radius 1 is 1.36 bits per heavy atom. The molecule has 0 aromatic carbocycles. The fraction of sp³-hybridized carbons (Fsp3) is 0.588. The lowest BCUT2D eigenvalue weighted by molar-refractivity contribution is -0.142. The topological polar surface area (TPSA) is 92.2 Å². The highest BCUT2D eigenvalue weighted by Crippen LogP contribution is 2.23. The van der Waals surface area contributed by atoms with Gasteiger partial charge in [-0.15, -0.1) is 0 Å². The first-order valence-corrected chi connectivity index (χ1v) is 8.64. The van der Waals surface area contributed by atoms with Crippen molar-refractivity contribution in [3.05, 3.63) is 27.2 Å². The van der Waals surface area contributed by atoms with Gasteiger partial charge in [-0.3, -0.25) is 19.4 Å². The molecule has 4 rings (SSSR count). The molecule has 0 aliphatic carbocycles. The Hall–Kier alpha value is -2.19. The molecule has 2 N–H and O–H groups in total. The summed E-state index contributed by atoms with van der Waals surface area (Å²) in [5, 5.41) is 6.59. The third-order valence-electron chi connectivity index (χ3n) is 5.42. The second-order valence-electron chi connectivity index (χ2n) is 6.90. The van der Waals surface area contributed by atoms with E-state index in [1.54, 1.807) is 11.7 Å². The summed E-state index contributed by atoms with van der Waals surface area (Å²) in [6.45, 7) is 6.53. The van der Waals surface area contributed by atoms with Crippen molar-refractivity contribution in [3.63, 3.8) is 0 Å². The van der Waals surface area contributed by atoms with Gasteiger partial charge in [-0.05, 0) is 25.0 Å². The molecule has 2 aromatic heterocycles. The number of fused-ring (bicyclic) bond motifs is 2. The second kappa shape index (κ2) is 5.96. The lowest BCUT2D eigenvalue weighted by atomic mass is 10.0. The molecule has 8 nitrogen and oxygen atoms in total. The van der Waals surface area contributed by atoms with Gasteiger partial charge >= 0.3 is 0 Å². The van der Waals surface area contributed by atoms with E-state index < -0.39 is 0 Å². The highest BCUT2D eigenvalue weighted by molar-refractivity contribution is 5.85. The zero-order valence-electron chi connectivity index (χ0n) is 14.8. The zero-order chi connectivity index (χ0) is 17.7. The van der Waals surface area contributed by atoms with Crippen LogP contribution in [0.15, 0.2) is 4.79 Å². The molecule has 2 aromatic rings. The smallest absolute Gasteiger partial charge is 0.273 e. The summed E-state index contributed by atoms with van der Waals surface area (Å²) in [6.07, 6.45) is 0.343. The largest absolute Gasteiger partial charge is 0.373 e. The molecule has 0 radical (unpaired) electrons. The fourth-order valence-electron chi connectivity index (χ4n) is 4.06. The van der Waals surface area contributed by atoms with Crippen molar-refractivity contribution in [1.29, 1.82) is 0 Å². The van der Waals surface area contributed by atoms with E-state index in [1.165, 1.54) is 0 Å². The van der Waals surface area contributed by atoms with Crippen molar-refractivity contribution in [1.82, 2.24) is 25.0 Å². The van der Waals surface area contributed by atoms with Crippen LogP contribution in [0, 0.1) is 13.8 Å². The molecule has 8 heteroatoms. The molecule has 0 bridgehead atoms. The van der Waals surface area contributed by atoms with Crippen molar-refractivity contribution in [2.45, 2.75) is 32.4 Å². The molecule has 1 amide bonds. The summed E-state index contributed by atoms with van der Waals surface area (Å²) in [5.74, 6) is 0.0710. The van der Waals surface area contributed by atoms with Gasteiger partial charge in [0.1, 0.15) is 0 Å². The molecule has 2 saturated heterocycles. The molecule has 0 spiro atoms. The average Bonchev–Trinajstić information content (AvgIpc) is 3.15. The Bertz CT molecular complexity index is 900. The Balaban J connectivity index is 1.67. The Morgan fingerprint density at radius 2 is 2.16 bits per heavy atom. The number of aryl methyl sites for hydroxylation is 3. The van der Waals surface area contributed by atoms with Gasteiger partial charge in [-0.1, -0.05) is 0 Å². The number of morpholine rings is 1. The van der Waals surface area contributed by atoms with Gasteiger partial charge < -0.3 is 15.0 Å². The quantitative estimate of drug-likeness (QED) is 0.774. The van der Waals surface area contributed by atoms with Crippen molar-refractivity contribution >= 4 is 16.9 Å². The molecule has 25 heavy (non-hydrogen) atoms. The summed E-state index contributed by atoms with van der Waals surface area (Å²) in [7, 11) is 1.77. The molecule has 2 fully saturated rings. The van der Waals surface area contributed by atoms with E-state index in [0.717, 1.165) is 29.9 Å². The van der Waals surface area contributed by atoms with Crippen molar-refractivity contribution in [3.8, 4) is 0 Å². The van der Waals surface area contributed by atoms with E-state index in [0.29, 0.717) is 24.2 Å². The monoisotopic (exact) mass is 345 g/mol. The number of amides is 1. The van der Waals surface area contributed by atoms with Crippen LogP contribution < -0.4 is 10.9 Å². The van der Waals surface area contributed by atoms with Gasteiger partial charge in [0.25, 0.3) is 5.56 Å². The first-order valence-electron chi connectivity index (χ1n) is 8.64. The third kappa shape index (κ3) is 2.56. The van der Waals surface area contributed by atoms with E-state index >= 15 is 0 Å². The second-order valence-corrected chi connectivity index (χ2v) is 6.90. The van der Waals surface area contributed by atoms with Crippen LogP contribution >= 0.6 is 0 Å². The number of nitrogens with one attached hydrogen (secondary N) is 2. The Labute approximate surface area is 145 Å². The van der Waals surface area contributed by atoms with E-state index in [2.05, 4.69) is 15.4 Å². The molecule has 134 valence electrons. The summed E-state index contributed by atoms with van der Waals surface area (Å²) < 4.78 is 7.36. The number of nitrogens with zero attached hydrogens (tertiary/aromatic N) is 3. The molecule has 4 heterocycles. The van der Waals surface area contributed by atoms with E-state index in [9.17, 15) is 9.59 Å². The van der Waals surface area contributed by atoms with Crippen molar-refractivity contribution in [2.24, 2.45) is 7.05 Å². The van der Waals surface area contributed by atoms with Gasteiger partial charge in [0, 0.05) is 32.4 Å². The third-order valence-corrected chi connectivity index (χ3v) is 5.42. The molecule has 2 aliphatic heterocycles. The number of H-pyrrole nitrogens is 1. The standard InChI is InChI=1S/C17H23N5O3/c1-9-11(10(2)19-16-15(9)17(24)20-21(16)3)6-14(23)22-4-5-25-13-8-18-7-12(13)22/h12-13,18H,4-8H2,1-3H3,(H,20,24)/t12-,13+/m1/s1. The van der Waals surface area contributed by atoms with E-state index in [4.69, 9.17) is 4.74 Å². The van der Waals surface area contributed by atoms with Crippen LogP contribution in [0.2, 0.25) is 0 Å². The summed E-state index contributed by atoms with van der Waals surface area (Å²) in [4.78, 5) is 31.6. The minimum Gasteiger partial charge on any atom is -0.373 e. The predicted octanol–water partition coefficient (Wildman–Crippen LogP) is -0.380. The predicted molar refractivity (Wildman–Crippen MR) is 92.6 cm³/mol. The average molecular weight is 345 g/mol. The lowest BCUT2D eigenvalue weighted by Crippen LogP contribution is -2.53. The number of ether oxygens (including phenoxy) is 1. The first kappa shape index (κ1) is 16.3. The zero-order valence-corrected chi connectivity index (χ0v) is 14.8. The molecule has 2 atom stereocenters. The SMILES string of the molecule is Cc1nc2c(c(C)c1CC(=O)N1CCO[C@H]3CNC[C@H]31)c(=O)[nH]n2C.